The number of benzene rings is 2. The van der Waals surface area contributed by atoms with Gasteiger partial charge < -0.3 is 10.1 Å². The summed E-state index contributed by atoms with van der Waals surface area (Å²) in [5, 5.41) is 2.50. The number of aryl methyl sites for hydroxylation is 1. The van der Waals surface area contributed by atoms with Gasteiger partial charge in [-0.05, 0) is 36.8 Å². The molecule has 23 heavy (non-hydrogen) atoms. The molecule has 2 amide bonds. The Morgan fingerprint density at radius 3 is 2.48 bits per heavy atom. The third-order valence-corrected chi connectivity index (χ3v) is 4.49. The van der Waals surface area contributed by atoms with Crippen molar-refractivity contribution in [3.8, 4) is 5.75 Å². The van der Waals surface area contributed by atoms with E-state index in [1.807, 2.05) is 11.6 Å². The van der Waals surface area contributed by atoms with Crippen LogP contribution in [-0.2, 0) is 16.6 Å². The molecular weight excluding hydrogens is 316 g/mol. The summed E-state index contributed by atoms with van der Waals surface area (Å²) in [6.45, 7) is 2.04. The first kappa shape index (κ1) is 16.8. The van der Waals surface area contributed by atoms with Crippen LogP contribution in [0.15, 0.2) is 53.4 Å². The highest BCUT2D eigenvalue weighted by Crippen LogP contribution is 2.12. The lowest BCUT2D eigenvalue weighted by atomic mass is 10.2. The minimum atomic E-state index is -3.88. The number of rotatable bonds is 5. The number of amides is 2. The van der Waals surface area contributed by atoms with Crippen LogP contribution in [0.4, 0.5) is 4.79 Å². The summed E-state index contributed by atoms with van der Waals surface area (Å²) in [5.74, 6) is 0.664. The molecule has 2 rings (SSSR count). The largest absolute Gasteiger partial charge is 0.497 e. The topological polar surface area (TPSA) is 84.5 Å². The fourth-order valence-corrected chi connectivity index (χ4v) is 2.83. The average molecular weight is 334 g/mol. The Morgan fingerprint density at radius 2 is 1.83 bits per heavy atom. The van der Waals surface area contributed by atoms with Gasteiger partial charge in [0.05, 0.1) is 12.0 Å². The molecule has 0 unspecified atom stereocenters. The molecule has 0 radical (unpaired) electrons. The maximum absolute atomic E-state index is 12.1. The lowest BCUT2D eigenvalue weighted by Gasteiger charge is -2.09. The SMILES string of the molecule is COc1cccc(CNC(=O)NS(=O)(=O)c2ccc(C)cc2)c1. The second-order valence-corrected chi connectivity index (χ2v) is 6.64. The quantitative estimate of drug-likeness (QED) is 0.878. The molecule has 0 aliphatic heterocycles. The molecule has 0 bridgehead atoms. The minimum Gasteiger partial charge on any atom is -0.497 e. The van der Waals surface area contributed by atoms with Crippen LogP contribution in [0.5, 0.6) is 5.75 Å². The van der Waals surface area contributed by atoms with Crippen LogP contribution in [0.25, 0.3) is 0 Å². The minimum absolute atomic E-state index is 0.0413. The van der Waals surface area contributed by atoms with Crippen LogP contribution in [-0.4, -0.2) is 21.6 Å². The number of methoxy groups -OCH3 is 1. The number of carbonyl (C=O) groups is 1. The van der Waals surface area contributed by atoms with Crippen LogP contribution in [0.2, 0.25) is 0 Å². The van der Waals surface area contributed by atoms with Gasteiger partial charge in [-0.2, -0.15) is 0 Å². The zero-order valence-corrected chi connectivity index (χ0v) is 13.7. The maximum Gasteiger partial charge on any atom is 0.328 e. The summed E-state index contributed by atoms with van der Waals surface area (Å²) in [4.78, 5) is 11.8. The summed E-state index contributed by atoms with van der Waals surface area (Å²) in [7, 11) is -2.33. The van der Waals surface area contributed by atoms with Crippen molar-refractivity contribution in [2.24, 2.45) is 0 Å². The first-order chi connectivity index (χ1) is 10.9. The molecule has 0 saturated heterocycles. The van der Waals surface area contributed by atoms with E-state index in [-0.39, 0.29) is 11.4 Å². The Kier molecular flexibility index (Phi) is 5.23. The van der Waals surface area contributed by atoms with E-state index in [0.717, 1.165) is 11.1 Å². The highest BCUT2D eigenvalue weighted by Gasteiger charge is 2.17. The van der Waals surface area contributed by atoms with Crippen LogP contribution in [0.1, 0.15) is 11.1 Å². The summed E-state index contributed by atoms with van der Waals surface area (Å²) >= 11 is 0. The van der Waals surface area contributed by atoms with Crippen molar-refractivity contribution in [3.05, 3.63) is 59.7 Å². The van der Waals surface area contributed by atoms with Gasteiger partial charge in [-0.15, -0.1) is 0 Å². The first-order valence-corrected chi connectivity index (χ1v) is 8.39. The maximum atomic E-state index is 12.1. The second-order valence-electron chi connectivity index (χ2n) is 4.95. The van der Waals surface area contributed by atoms with E-state index in [9.17, 15) is 13.2 Å². The van der Waals surface area contributed by atoms with Crippen molar-refractivity contribution in [1.82, 2.24) is 10.0 Å². The Morgan fingerprint density at radius 1 is 1.13 bits per heavy atom. The normalized spacial score (nSPS) is 10.9. The molecule has 7 heteroatoms. The van der Waals surface area contributed by atoms with Crippen LogP contribution >= 0.6 is 0 Å². The molecule has 0 aliphatic carbocycles. The number of hydrogen-bond donors (Lipinski definition) is 2. The molecule has 0 fully saturated rings. The van der Waals surface area contributed by atoms with E-state index in [0.29, 0.717) is 5.75 Å². The molecule has 0 spiro atoms. The Balaban J connectivity index is 1.97. The van der Waals surface area contributed by atoms with E-state index in [1.165, 1.54) is 12.1 Å². The standard InChI is InChI=1S/C16H18N2O4S/c1-12-6-8-15(9-7-12)23(20,21)18-16(19)17-11-13-4-3-5-14(10-13)22-2/h3-10H,11H2,1-2H3,(H2,17,18,19). The fourth-order valence-electron chi connectivity index (χ4n) is 1.90. The molecule has 0 aliphatic rings. The molecule has 2 aromatic carbocycles. The van der Waals surface area contributed by atoms with Gasteiger partial charge in [-0.25, -0.2) is 17.9 Å². The van der Waals surface area contributed by atoms with Gasteiger partial charge in [0.2, 0.25) is 0 Å². The summed E-state index contributed by atoms with van der Waals surface area (Å²) in [5.41, 5.74) is 1.73. The number of nitrogens with one attached hydrogen (secondary N) is 2. The van der Waals surface area contributed by atoms with E-state index in [2.05, 4.69) is 5.32 Å². The van der Waals surface area contributed by atoms with E-state index >= 15 is 0 Å². The van der Waals surface area contributed by atoms with Gasteiger partial charge in [0.15, 0.2) is 0 Å². The monoisotopic (exact) mass is 334 g/mol. The Labute approximate surface area is 135 Å². The Bertz CT molecular complexity index is 786. The molecular formula is C16H18N2O4S. The lowest BCUT2D eigenvalue weighted by molar-refractivity contribution is 0.245. The molecule has 122 valence electrons. The zero-order chi connectivity index (χ0) is 16.9. The van der Waals surface area contributed by atoms with Crippen LogP contribution in [0.3, 0.4) is 0 Å². The van der Waals surface area contributed by atoms with Gasteiger partial charge >= 0.3 is 6.03 Å². The first-order valence-electron chi connectivity index (χ1n) is 6.91. The third kappa shape index (κ3) is 4.72. The highest BCUT2D eigenvalue weighted by molar-refractivity contribution is 7.90. The second kappa shape index (κ2) is 7.15. The molecule has 0 atom stereocenters. The summed E-state index contributed by atoms with van der Waals surface area (Å²) in [6, 6.07) is 12.6. The van der Waals surface area contributed by atoms with E-state index < -0.39 is 16.1 Å². The molecule has 6 nitrogen and oxygen atoms in total. The number of urea groups is 1. The predicted octanol–water partition coefficient (Wildman–Crippen LogP) is 2.19. The van der Waals surface area contributed by atoms with Crippen molar-refractivity contribution in [3.63, 3.8) is 0 Å². The number of hydrogen-bond acceptors (Lipinski definition) is 4. The van der Waals surface area contributed by atoms with Gasteiger partial charge in [-0.1, -0.05) is 29.8 Å². The average Bonchev–Trinajstić information content (AvgIpc) is 2.53. The molecule has 2 N–H and O–H groups in total. The Hall–Kier alpha value is -2.54. The number of sulfonamides is 1. The highest BCUT2D eigenvalue weighted by atomic mass is 32.2. The zero-order valence-electron chi connectivity index (χ0n) is 12.9. The summed E-state index contributed by atoms with van der Waals surface area (Å²) < 4.78 is 31.2. The van der Waals surface area contributed by atoms with Crippen molar-refractivity contribution in [2.75, 3.05) is 7.11 Å². The van der Waals surface area contributed by atoms with Gasteiger partial charge in [0.25, 0.3) is 10.0 Å². The molecule has 0 saturated carbocycles. The van der Waals surface area contributed by atoms with E-state index in [4.69, 9.17) is 4.74 Å². The van der Waals surface area contributed by atoms with Gasteiger partial charge in [-0.3, -0.25) is 0 Å². The number of carbonyl (C=O) groups excluding carboxylic acids is 1. The summed E-state index contributed by atoms with van der Waals surface area (Å²) in [6.07, 6.45) is 0. The third-order valence-electron chi connectivity index (χ3n) is 3.15. The van der Waals surface area contributed by atoms with Gasteiger partial charge in [0, 0.05) is 6.54 Å². The molecule has 0 heterocycles. The predicted molar refractivity (Wildman–Crippen MR) is 86.7 cm³/mol. The van der Waals surface area contributed by atoms with Gasteiger partial charge in [0.1, 0.15) is 5.75 Å². The fraction of sp³-hybridized carbons (Fsp3) is 0.188. The van der Waals surface area contributed by atoms with Crippen molar-refractivity contribution >= 4 is 16.1 Å². The van der Waals surface area contributed by atoms with Crippen LogP contribution in [0, 0.1) is 6.92 Å². The smallest absolute Gasteiger partial charge is 0.328 e. The molecule has 2 aromatic rings. The molecule has 0 aromatic heterocycles. The number of ether oxygens (including phenoxy) is 1. The van der Waals surface area contributed by atoms with E-state index in [1.54, 1.807) is 43.5 Å². The van der Waals surface area contributed by atoms with Crippen molar-refractivity contribution in [1.29, 1.82) is 0 Å². The van der Waals surface area contributed by atoms with Crippen molar-refractivity contribution < 1.29 is 17.9 Å². The van der Waals surface area contributed by atoms with Crippen molar-refractivity contribution in [2.45, 2.75) is 18.4 Å². The van der Waals surface area contributed by atoms with Crippen LogP contribution < -0.4 is 14.8 Å². The lowest BCUT2D eigenvalue weighted by Crippen LogP contribution is -2.39.